The average Bonchev–Trinajstić information content (AvgIpc) is 2.06. The van der Waals surface area contributed by atoms with Crippen LogP contribution in [0, 0.1) is 0 Å². The van der Waals surface area contributed by atoms with Crippen molar-refractivity contribution in [3.8, 4) is 0 Å². The van der Waals surface area contributed by atoms with Gasteiger partial charge in [-0.15, -0.1) is 0 Å². The normalized spacial score (nSPS) is 25.7. The predicted octanol–water partition coefficient (Wildman–Crippen LogP) is 0.855. The van der Waals surface area contributed by atoms with Gasteiger partial charge in [0.25, 0.3) is 0 Å². The quantitative estimate of drug-likeness (QED) is 0.619. The van der Waals surface area contributed by atoms with Gasteiger partial charge in [-0.1, -0.05) is 0 Å². The molecule has 1 aliphatic rings. The minimum absolute atomic E-state index is 0.171. The minimum atomic E-state index is -0.628. The number of carbonyl (C=O) groups is 3. The van der Waals surface area contributed by atoms with E-state index in [4.69, 9.17) is 0 Å². The van der Waals surface area contributed by atoms with Gasteiger partial charge in [-0.25, -0.2) is 0 Å². The van der Waals surface area contributed by atoms with Crippen LogP contribution < -0.4 is 16.0 Å². The van der Waals surface area contributed by atoms with Crippen molar-refractivity contribution in [1.82, 2.24) is 16.0 Å². The Kier molecular flexibility index (Phi) is 4.70. The second-order valence-electron chi connectivity index (χ2n) is 7.83. The second kappa shape index (κ2) is 5.66. The zero-order valence-electron chi connectivity index (χ0n) is 13.8. The average molecular weight is 297 g/mol. The van der Waals surface area contributed by atoms with Crippen LogP contribution in [0.1, 0.15) is 60.8 Å². The van der Waals surface area contributed by atoms with Crippen LogP contribution in [-0.4, -0.2) is 34.3 Å². The Morgan fingerprint density at radius 1 is 0.571 bits per heavy atom. The first-order valence-electron chi connectivity index (χ1n) is 7.23. The lowest BCUT2D eigenvalue weighted by Gasteiger charge is -2.34. The summed E-state index contributed by atoms with van der Waals surface area (Å²) in [5, 5.41) is 8.55. The van der Waals surface area contributed by atoms with Crippen molar-refractivity contribution in [2.24, 2.45) is 0 Å². The molecule has 1 rings (SSSR count). The number of nitrogens with one attached hydrogen (secondary N) is 3. The Morgan fingerprint density at radius 2 is 0.762 bits per heavy atom. The number of hydrogen-bond acceptors (Lipinski definition) is 3. The standard InChI is InChI=1S/C15H27N3O3/c1-13(2)7-10(19)17-15(5,6)9-12(21)18-14(3,4)8-11(20)16-13/h7-9H2,1-6H3,(H,16,20)(H,17,19)(H,18,21). The van der Waals surface area contributed by atoms with E-state index in [1.807, 2.05) is 41.5 Å². The van der Waals surface area contributed by atoms with Crippen LogP contribution >= 0.6 is 0 Å². The Hall–Kier alpha value is -1.59. The van der Waals surface area contributed by atoms with E-state index in [9.17, 15) is 14.4 Å². The van der Waals surface area contributed by atoms with Crippen LogP contribution in [0.25, 0.3) is 0 Å². The van der Waals surface area contributed by atoms with Crippen molar-refractivity contribution in [2.45, 2.75) is 77.4 Å². The zero-order valence-corrected chi connectivity index (χ0v) is 13.8. The van der Waals surface area contributed by atoms with Gasteiger partial charge in [-0.2, -0.15) is 0 Å². The van der Waals surface area contributed by atoms with Gasteiger partial charge in [0.15, 0.2) is 0 Å². The Labute approximate surface area is 126 Å². The third-order valence-electron chi connectivity index (χ3n) is 3.24. The lowest BCUT2D eigenvalue weighted by molar-refractivity contribution is -0.129. The minimum Gasteiger partial charge on any atom is -0.351 e. The second-order valence-corrected chi connectivity index (χ2v) is 7.83. The topological polar surface area (TPSA) is 87.3 Å². The summed E-state index contributed by atoms with van der Waals surface area (Å²) < 4.78 is 0. The smallest absolute Gasteiger partial charge is 0.222 e. The van der Waals surface area contributed by atoms with Crippen LogP contribution in [0.15, 0.2) is 0 Å². The molecule has 3 N–H and O–H groups in total. The number of hydrogen-bond donors (Lipinski definition) is 3. The van der Waals surface area contributed by atoms with Gasteiger partial charge < -0.3 is 16.0 Å². The molecule has 0 spiro atoms. The van der Waals surface area contributed by atoms with E-state index in [1.54, 1.807) is 0 Å². The molecule has 0 aromatic rings. The van der Waals surface area contributed by atoms with Crippen LogP contribution in [0.2, 0.25) is 0 Å². The highest BCUT2D eigenvalue weighted by atomic mass is 16.2. The molecule has 1 heterocycles. The van der Waals surface area contributed by atoms with E-state index >= 15 is 0 Å². The monoisotopic (exact) mass is 297 g/mol. The van der Waals surface area contributed by atoms with E-state index in [1.165, 1.54) is 0 Å². The van der Waals surface area contributed by atoms with Gasteiger partial charge in [0, 0.05) is 35.9 Å². The molecule has 3 amide bonds. The summed E-state index contributed by atoms with van der Waals surface area (Å²) in [4.78, 5) is 36.2. The summed E-state index contributed by atoms with van der Waals surface area (Å²) in [6.45, 7) is 10.9. The Morgan fingerprint density at radius 3 is 0.952 bits per heavy atom. The van der Waals surface area contributed by atoms with Crippen LogP contribution in [0.3, 0.4) is 0 Å². The Balaban J connectivity index is 3.00. The molecule has 0 aromatic heterocycles. The molecule has 0 aliphatic carbocycles. The molecule has 1 aliphatic heterocycles. The van der Waals surface area contributed by atoms with Crippen molar-refractivity contribution in [2.75, 3.05) is 0 Å². The molecule has 21 heavy (non-hydrogen) atoms. The SMILES string of the molecule is CC1(C)CC(=O)NC(C)(C)CC(=O)NC(C)(C)CC(=O)N1. The third kappa shape index (κ3) is 6.14. The number of carbonyl (C=O) groups excluding carboxylic acids is 3. The molecule has 0 atom stereocenters. The molecule has 0 radical (unpaired) electrons. The van der Waals surface area contributed by atoms with E-state index in [2.05, 4.69) is 16.0 Å². The fourth-order valence-electron chi connectivity index (χ4n) is 2.60. The van der Waals surface area contributed by atoms with Gasteiger partial charge in [0.05, 0.1) is 0 Å². The summed E-state index contributed by atoms with van der Waals surface area (Å²) in [6, 6.07) is 0. The van der Waals surface area contributed by atoms with Gasteiger partial charge in [-0.3, -0.25) is 14.4 Å². The molecular formula is C15H27N3O3. The van der Waals surface area contributed by atoms with E-state index in [-0.39, 0.29) is 37.0 Å². The maximum atomic E-state index is 12.1. The fraction of sp³-hybridized carbons (Fsp3) is 0.800. The molecule has 0 unspecified atom stereocenters. The maximum Gasteiger partial charge on any atom is 0.222 e. The predicted molar refractivity (Wildman–Crippen MR) is 80.5 cm³/mol. The summed E-state index contributed by atoms with van der Waals surface area (Å²) in [7, 11) is 0. The highest BCUT2D eigenvalue weighted by Gasteiger charge is 2.33. The fourth-order valence-corrected chi connectivity index (χ4v) is 2.60. The van der Waals surface area contributed by atoms with E-state index < -0.39 is 16.6 Å². The van der Waals surface area contributed by atoms with Crippen LogP contribution in [0.5, 0.6) is 0 Å². The molecule has 1 fully saturated rings. The third-order valence-corrected chi connectivity index (χ3v) is 3.24. The molecule has 0 bridgehead atoms. The van der Waals surface area contributed by atoms with Crippen molar-refractivity contribution >= 4 is 17.7 Å². The van der Waals surface area contributed by atoms with Crippen molar-refractivity contribution in [3.05, 3.63) is 0 Å². The molecule has 6 heteroatoms. The summed E-state index contributed by atoms with van der Waals surface area (Å²) >= 11 is 0. The van der Waals surface area contributed by atoms with E-state index in [0.29, 0.717) is 0 Å². The lowest BCUT2D eigenvalue weighted by Crippen LogP contribution is -2.56. The molecular weight excluding hydrogens is 270 g/mol. The molecule has 6 nitrogen and oxygen atoms in total. The highest BCUT2D eigenvalue weighted by molar-refractivity contribution is 5.84. The highest BCUT2D eigenvalue weighted by Crippen LogP contribution is 2.17. The van der Waals surface area contributed by atoms with Gasteiger partial charge in [0.2, 0.25) is 17.7 Å². The maximum absolute atomic E-state index is 12.1. The van der Waals surface area contributed by atoms with Crippen LogP contribution in [-0.2, 0) is 14.4 Å². The van der Waals surface area contributed by atoms with Gasteiger partial charge in [-0.05, 0) is 41.5 Å². The summed E-state index contributed by atoms with van der Waals surface area (Å²) in [6.07, 6.45) is 0.513. The van der Waals surface area contributed by atoms with Gasteiger partial charge in [0.1, 0.15) is 0 Å². The zero-order chi connectivity index (χ0) is 16.5. The van der Waals surface area contributed by atoms with Crippen LogP contribution in [0.4, 0.5) is 0 Å². The molecule has 0 aromatic carbocycles. The number of rotatable bonds is 0. The summed E-state index contributed by atoms with van der Waals surface area (Å²) in [5.41, 5.74) is -1.89. The molecule has 0 saturated carbocycles. The molecule has 1 saturated heterocycles. The molecule has 120 valence electrons. The first-order valence-corrected chi connectivity index (χ1v) is 7.23. The summed E-state index contributed by atoms with van der Waals surface area (Å²) in [5.74, 6) is -0.547. The largest absolute Gasteiger partial charge is 0.351 e. The van der Waals surface area contributed by atoms with Crippen molar-refractivity contribution < 1.29 is 14.4 Å². The van der Waals surface area contributed by atoms with Crippen molar-refractivity contribution in [1.29, 1.82) is 0 Å². The number of amides is 3. The first kappa shape index (κ1) is 17.5. The van der Waals surface area contributed by atoms with Gasteiger partial charge >= 0.3 is 0 Å². The van der Waals surface area contributed by atoms with Crippen molar-refractivity contribution in [3.63, 3.8) is 0 Å². The Bertz CT molecular complexity index is 357. The van der Waals surface area contributed by atoms with E-state index in [0.717, 1.165) is 0 Å². The first-order chi connectivity index (χ1) is 9.30. The lowest BCUT2D eigenvalue weighted by atomic mass is 9.92.